The molecular formula is C14H13I. The molecule has 0 aliphatic heterocycles. The van der Waals surface area contributed by atoms with Crippen molar-refractivity contribution in [3.8, 4) is 11.1 Å². The van der Waals surface area contributed by atoms with Gasteiger partial charge < -0.3 is 0 Å². The average Bonchev–Trinajstić information content (AvgIpc) is 2.23. The summed E-state index contributed by atoms with van der Waals surface area (Å²) in [6.07, 6.45) is 0. The minimum Gasteiger partial charge on any atom is -0.0587 e. The van der Waals surface area contributed by atoms with Crippen LogP contribution in [-0.2, 0) is 0 Å². The van der Waals surface area contributed by atoms with Crippen LogP contribution < -0.4 is 0 Å². The predicted octanol–water partition coefficient (Wildman–Crippen LogP) is 4.58. The summed E-state index contributed by atoms with van der Waals surface area (Å²) >= 11 is 2.39. The van der Waals surface area contributed by atoms with Crippen molar-refractivity contribution in [2.75, 3.05) is 0 Å². The van der Waals surface area contributed by atoms with Gasteiger partial charge in [0.15, 0.2) is 0 Å². The zero-order valence-corrected chi connectivity index (χ0v) is 11.1. The van der Waals surface area contributed by atoms with Gasteiger partial charge in [-0.25, -0.2) is 0 Å². The van der Waals surface area contributed by atoms with Gasteiger partial charge in [-0.05, 0) is 53.6 Å². The zero-order chi connectivity index (χ0) is 10.8. The maximum absolute atomic E-state index is 2.39. The van der Waals surface area contributed by atoms with Gasteiger partial charge in [-0.15, -0.1) is 0 Å². The Morgan fingerprint density at radius 2 is 1.40 bits per heavy atom. The van der Waals surface area contributed by atoms with Crippen molar-refractivity contribution < 1.29 is 0 Å². The number of hydrogen-bond acceptors (Lipinski definition) is 0. The normalized spacial score (nSPS) is 10.3. The summed E-state index contributed by atoms with van der Waals surface area (Å²) in [6.45, 7) is 4.25. The molecule has 0 saturated carbocycles. The number of rotatable bonds is 1. The molecule has 0 aliphatic carbocycles. The zero-order valence-electron chi connectivity index (χ0n) is 8.92. The highest BCUT2D eigenvalue weighted by molar-refractivity contribution is 14.1. The van der Waals surface area contributed by atoms with Crippen molar-refractivity contribution in [2.45, 2.75) is 13.8 Å². The van der Waals surface area contributed by atoms with E-state index in [0.717, 1.165) is 0 Å². The maximum Gasteiger partial charge on any atom is 0.0208 e. The summed E-state index contributed by atoms with van der Waals surface area (Å²) in [4.78, 5) is 0. The van der Waals surface area contributed by atoms with E-state index in [9.17, 15) is 0 Å². The SMILES string of the molecule is Cc1ccc(-c2cc(C)ccc2I)cc1. The standard InChI is InChI=1S/C14H13I/c1-10-3-6-12(7-4-10)13-9-11(2)5-8-14(13)15/h3-9H,1-2H3. The summed E-state index contributed by atoms with van der Waals surface area (Å²) in [5.41, 5.74) is 5.25. The van der Waals surface area contributed by atoms with Gasteiger partial charge in [0, 0.05) is 3.57 Å². The smallest absolute Gasteiger partial charge is 0.0208 e. The van der Waals surface area contributed by atoms with Gasteiger partial charge in [0.05, 0.1) is 0 Å². The van der Waals surface area contributed by atoms with Crippen LogP contribution in [-0.4, -0.2) is 0 Å². The van der Waals surface area contributed by atoms with E-state index in [1.165, 1.54) is 25.8 Å². The number of aryl methyl sites for hydroxylation is 2. The van der Waals surface area contributed by atoms with Crippen molar-refractivity contribution >= 4 is 22.6 Å². The molecule has 0 atom stereocenters. The molecule has 2 aromatic carbocycles. The Kier molecular flexibility index (Phi) is 3.10. The van der Waals surface area contributed by atoms with Gasteiger partial charge in [-0.3, -0.25) is 0 Å². The van der Waals surface area contributed by atoms with Crippen LogP contribution in [0, 0.1) is 17.4 Å². The second-order valence-corrected chi connectivity index (χ2v) is 5.01. The summed E-state index contributed by atoms with van der Waals surface area (Å²) in [6, 6.07) is 15.3. The Balaban J connectivity index is 2.53. The van der Waals surface area contributed by atoms with Crippen LogP contribution in [0.3, 0.4) is 0 Å². The van der Waals surface area contributed by atoms with E-state index >= 15 is 0 Å². The van der Waals surface area contributed by atoms with Crippen molar-refractivity contribution in [1.29, 1.82) is 0 Å². The van der Waals surface area contributed by atoms with E-state index in [2.05, 4.69) is 78.9 Å². The molecule has 0 radical (unpaired) electrons. The minimum absolute atomic E-state index is 1.30. The fourth-order valence-electron chi connectivity index (χ4n) is 1.59. The Morgan fingerprint density at radius 1 is 0.800 bits per heavy atom. The third-order valence-electron chi connectivity index (χ3n) is 2.48. The van der Waals surface area contributed by atoms with E-state index in [-0.39, 0.29) is 0 Å². The Bertz CT molecular complexity index is 469. The second kappa shape index (κ2) is 4.35. The molecule has 1 heteroatoms. The highest BCUT2D eigenvalue weighted by atomic mass is 127. The van der Waals surface area contributed by atoms with E-state index in [1.54, 1.807) is 0 Å². The first-order valence-electron chi connectivity index (χ1n) is 5.00. The van der Waals surface area contributed by atoms with Crippen LogP contribution in [0.15, 0.2) is 42.5 Å². The highest BCUT2D eigenvalue weighted by Crippen LogP contribution is 2.26. The largest absolute Gasteiger partial charge is 0.0587 e. The molecule has 0 spiro atoms. The molecule has 0 bridgehead atoms. The van der Waals surface area contributed by atoms with Crippen LogP contribution in [0.4, 0.5) is 0 Å². The molecule has 0 saturated heterocycles. The third kappa shape index (κ3) is 2.40. The molecule has 0 nitrogen and oxygen atoms in total. The predicted molar refractivity (Wildman–Crippen MR) is 74.1 cm³/mol. The van der Waals surface area contributed by atoms with Gasteiger partial charge in [-0.1, -0.05) is 47.5 Å². The molecule has 2 aromatic rings. The lowest BCUT2D eigenvalue weighted by molar-refractivity contribution is 1.43. The highest BCUT2D eigenvalue weighted by Gasteiger charge is 2.02. The Labute approximate surface area is 104 Å². The number of hydrogen-bond donors (Lipinski definition) is 0. The van der Waals surface area contributed by atoms with Crippen LogP contribution in [0.25, 0.3) is 11.1 Å². The van der Waals surface area contributed by atoms with Gasteiger partial charge in [0.2, 0.25) is 0 Å². The van der Waals surface area contributed by atoms with Crippen molar-refractivity contribution in [3.63, 3.8) is 0 Å². The third-order valence-corrected chi connectivity index (χ3v) is 3.43. The lowest BCUT2D eigenvalue weighted by Crippen LogP contribution is -1.84. The monoisotopic (exact) mass is 308 g/mol. The molecule has 0 unspecified atom stereocenters. The molecule has 76 valence electrons. The molecule has 0 heterocycles. The summed E-state index contributed by atoms with van der Waals surface area (Å²) in [5, 5.41) is 0. The summed E-state index contributed by atoms with van der Waals surface area (Å²) in [5.74, 6) is 0. The fourth-order valence-corrected chi connectivity index (χ4v) is 2.24. The fraction of sp³-hybridized carbons (Fsp3) is 0.143. The molecular weight excluding hydrogens is 295 g/mol. The van der Waals surface area contributed by atoms with Crippen LogP contribution >= 0.6 is 22.6 Å². The van der Waals surface area contributed by atoms with Crippen molar-refractivity contribution in [3.05, 3.63) is 57.2 Å². The maximum atomic E-state index is 2.39. The lowest BCUT2D eigenvalue weighted by Gasteiger charge is -2.06. The van der Waals surface area contributed by atoms with Gasteiger partial charge in [-0.2, -0.15) is 0 Å². The first-order valence-corrected chi connectivity index (χ1v) is 6.08. The quantitative estimate of drug-likeness (QED) is 0.677. The Hall–Kier alpha value is -0.830. The lowest BCUT2D eigenvalue weighted by atomic mass is 10.0. The number of halogens is 1. The van der Waals surface area contributed by atoms with Crippen LogP contribution in [0.5, 0.6) is 0 Å². The molecule has 0 aromatic heterocycles. The van der Waals surface area contributed by atoms with Crippen LogP contribution in [0.1, 0.15) is 11.1 Å². The second-order valence-electron chi connectivity index (χ2n) is 3.85. The van der Waals surface area contributed by atoms with Crippen molar-refractivity contribution in [2.24, 2.45) is 0 Å². The molecule has 2 rings (SSSR count). The van der Waals surface area contributed by atoms with E-state index in [4.69, 9.17) is 0 Å². The van der Waals surface area contributed by atoms with Gasteiger partial charge in [0.1, 0.15) is 0 Å². The van der Waals surface area contributed by atoms with Gasteiger partial charge >= 0.3 is 0 Å². The van der Waals surface area contributed by atoms with E-state index < -0.39 is 0 Å². The Morgan fingerprint density at radius 3 is 2.07 bits per heavy atom. The topological polar surface area (TPSA) is 0 Å². The molecule has 0 aliphatic rings. The average molecular weight is 308 g/mol. The van der Waals surface area contributed by atoms with E-state index in [1.807, 2.05) is 0 Å². The molecule has 15 heavy (non-hydrogen) atoms. The van der Waals surface area contributed by atoms with E-state index in [0.29, 0.717) is 0 Å². The van der Waals surface area contributed by atoms with Crippen molar-refractivity contribution in [1.82, 2.24) is 0 Å². The van der Waals surface area contributed by atoms with Crippen LogP contribution in [0.2, 0.25) is 0 Å². The molecule has 0 amide bonds. The summed E-state index contributed by atoms with van der Waals surface area (Å²) < 4.78 is 1.31. The first kappa shape index (κ1) is 10.7. The minimum atomic E-state index is 1.30. The molecule has 0 N–H and O–H groups in total. The van der Waals surface area contributed by atoms with Gasteiger partial charge in [0.25, 0.3) is 0 Å². The molecule has 0 fully saturated rings. The summed E-state index contributed by atoms with van der Waals surface area (Å²) in [7, 11) is 0. The number of benzene rings is 2. The first-order chi connectivity index (χ1) is 7.16.